The Kier molecular flexibility index (Phi) is 3.80. The monoisotopic (exact) mass is 276 g/mol. The van der Waals surface area contributed by atoms with E-state index in [-0.39, 0.29) is 0 Å². The third-order valence-corrected chi connectivity index (χ3v) is 2.86. The van der Waals surface area contributed by atoms with E-state index >= 15 is 0 Å². The maximum Gasteiger partial charge on any atom is 0.353 e. The molecule has 3 N–H and O–H groups in total. The van der Waals surface area contributed by atoms with Gasteiger partial charge < -0.3 is 24.8 Å². The van der Waals surface area contributed by atoms with Gasteiger partial charge in [0.25, 0.3) is 5.88 Å². The summed E-state index contributed by atoms with van der Waals surface area (Å²) in [6.45, 7) is -0.546. The van der Waals surface area contributed by atoms with Crippen LogP contribution in [0, 0.1) is 5.82 Å². The van der Waals surface area contributed by atoms with Crippen LogP contribution in [0.2, 0.25) is 0 Å². The van der Waals surface area contributed by atoms with Gasteiger partial charge in [0.2, 0.25) is 5.82 Å². The molecule has 0 aromatic carbocycles. The number of methoxy groups -OCH3 is 1. The second-order valence-corrected chi connectivity index (χ2v) is 4.02. The fourth-order valence-electron chi connectivity index (χ4n) is 1.87. The topological polar surface area (TPSA) is 114 Å². The van der Waals surface area contributed by atoms with E-state index in [1.54, 1.807) is 0 Å². The predicted octanol–water partition coefficient (Wildman–Crippen LogP) is -2.00. The van der Waals surface area contributed by atoms with E-state index in [0.717, 1.165) is 13.3 Å². The molecule has 0 unspecified atom stereocenters. The summed E-state index contributed by atoms with van der Waals surface area (Å²) in [5, 5.41) is 28.2. The lowest BCUT2D eigenvalue weighted by molar-refractivity contribution is -0.0555. The summed E-state index contributed by atoms with van der Waals surface area (Å²) in [4.78, 5) is 15.0. The molecular formula is C10H13FN2O6. The Morgan fingerprint density at radius 2 is 2.21 bits per heavy atom. The summed E-state index contributed by atoms with van der Waals surface area (Å²) in [5.74, 6) is -1.40. The molecule has 8 nitrogen and oxygen atoms in total. The lowest BCUT2D eigenvalue weighted by Crippen LogP contribution is -2.36. The van der Waals surface area contributed by atoms with Crippen LogP contribution in [0.4, 0.5) is 4.39 Å². The van der Waals surface area contributed by atoms with Crippen LogP contribution in [0.15, 0.2) is 11.0 Å². The highest BCUT2D eigenvalue weighted by Gasteiger charge is 2.44. The van der Waals surface area contributed by atoms with Gasteiger partial charge in [0, 0.05) is 0 Å². The van der Waals surface area contributed by atoms with Gasteiger partial charge in [0.1, 0.15) is 18.3 Å². The van der Waals surface area contributed by atoms with Crippen molar-refractivity contribution >= 4 is 0 Å². The standard InChI is InChI=1S/C10H13FN2O6/c1-18-8-4(11)2-13(10(17)12-8)9-7(16)6(15)5(3-14)19-9/h2,5-7,9,14-16H,3H2,1H3/t5-,6+,7-,9+/m0/s1. The molecule has 2 heterocycles. The fraction of sp³-hybridized carbons (Fsp3) is 0.600. The Morgan fingerprint density at radius 1 is 1.53 bits per heavy atom. The Morgan fingerprint density at radius 3 is 2.74 bits per heavy atom. The molecule has 1 aromatic heterocycles. The average molecular weight is 276 g/mol. The maximum absolute atomic E-state index is 13.5. The van der Waals surface area contributed by atoms with Gasteiger partial charge in [0.15, 0.2) is 6.23 Å². The largest absolute Gasteiger partial charge is 0.479 e. The zero-order valence-corrected chi connectivity index (χ0v) is 9.93. The van der Waals surface area contributed by atoms with Crippen LogP contribution in [0.3, 0.4) is 0 Å². The Bertz CT molecular complexity index is 521. The summed E-state index contributed by atoms with van der Waals surface area (Å²) in [7, 11) is 1.15. The molecule has 1 saturated heterocycles. The number of nitrogens with zero attached hydrogens (tertiary/aromatic N) is 2. The molecule has 1 fully saturated rings. The number of hydrogen-bond donors (Lipinski definition) is 3. The van der Waals surface area contributed by atoms with Gasteiger partial charge in [-0.25, -0.2) is 4.79 Å². The number of halogens is 1. The molecule has 0 saturated carbocycles. The second-order valence-electron chi connectivity index (χ2n) is 4.02. The highest BCUT2D eigenvalue weighted by Crippen LogP contribution is 2.28. The smallest absolute Gasteiger partial charge is 0.353 e. The molecule has 0 amide bonds. The fourth-order valence-corrected chi connectivity index (χ4v) is 1.87. The molecule has 0 bridgehead atoms. The Labute approximate surface area is 106 Å². The summed E-state index contributed by atoms with van der Waals surface area (Å²) in [5.41, 5.74) is -0.909. The van der Waals surface area contributed by atoms with Crippen LogP contribution in [0.5, 0.6) is 5.88 Å². The lowest BCUT2D eigenvalue weighted by atomic mass is 10.1. The zero-order valence-electron chi connectivity index (χ0n) is 9.93. The molecule has 2 rings (SSSR count). The quantitative estimate of drug-likeness (QED) is 0.585. The Hall–Kier alpha value is -1.55. The molecule has 0 radical (unpaired) electrons. The minimum atomic E-state index is -1.48. The van der Waals surface area contributed by atoms with Gasteiger partial charge in [-0.2, -0.15) is 9.37 Å². The normalized spacial score (nSPS) is 30.6. The van der Waals surface area contributed by atoms with Crippen molar-refractivity contribution in [3.05, 3.63) is 22.5 Å². The average Bonchev–Trinajstić information content (AvgIpc) is 2.68. The molecule has 0 aliphatic carbocycles. The lowest BCUT2D eigenvalue weighted by Gasteiger charge is -2.17. The van der Waals surface area contributed by atoms with Crippen LogP contribution in [-0.4, -0.2) is 56.9 Å². The number of aliphatic hydroxyl groups is 3. The maximum atomic E-state index is 13.5. The summed E-state index contributed by atoms with van der Waals surface area (Å²) >= 11 is 0. The van der Waals surface area contributed by atoms with Crippen molar-refractivity contribution in [3.8, 4) is 5.88 Å². The number of hydrogen-bond acceptors (Lipinski definition) is 7. The molecule has 0 spiro atoms. The summed E-state index contributed by atoms with van der Waals surface area (Å²) in [6, 6.07) is 0. The van der Waals surface area contributed by atoms with Crippen LogP contribution in [0.25, 0.3) is 0 Å². The van der Waals surface area contributed by atoms with Gasteiger partial charge in [-0.15, -0.1) is 0 Å². The van der Waals surface area contributed by atoms with Gasteiger partial charge in [0.05, 0.1) is 19.9 Å². The van der Waals surface area contributed by atoms with E-state index in [1.807, 2.05) is 0 Å². The highest BCUT2D eigenvalue weighted by atomic mass is 19.1. The molecule has 19 heavy (non-hydrogen) atoms. The van der Waals surface area contributed by atoms with Crippen molar-refractivity contribution in [1.29, 1.82) is 0 Å². The number of aliphatic hydroxyl groups excluding tert-OH is 3. The highest BCUT2D eigenvalue weighted by molar-refractivity contribution is 5.10. The van der Waals surface area contributed by atoms with E-state index in [9.17, 15) is 19.4 Å². The molecule has 1 aromatic rings. The number of ether oxygens (including phenoxy) is 2. The number of rotatable bonds is 3. The van der Waals surface area contributed by atoms with Crippen LogP contribution in [0.1, 0.15) is 6.23 Å². The Balaban J connectivity index is 2.38. The van der Waals surface area contributed by atoms with E-state index < -0.39 is 48.5 Å². The van der Waals surface area contributed by atoms with Gasteiger partial charge in [-0.3, -0.25) is 4.57 Å². The van der Waals surface area contributed by atoms with E-state index in [0.29, 0.717) is 4.57 Å². The van der Waals surface area contributed by atoms with Crippen LogP contribution >= 0.6 is 0 Å². The third kappa shape index (κ3) is 2.32. The van der Waals surface area contributed by atoms with Crippen molar-refractivity contribution in [2.45, 2.75) is 24.5 Å². The van der Waals surface area contributed by atoms with Gasteiger partial charge >= 0.3 is 5.69 Å². The minimum absolute atomic E-state index is 0.479. The first-order chi connectivity index (χ1) is 8.99. The van der Waals surface area contributed by atoms with Gasteiger partial charge in [-0.1, -0.05) is 0 Å². The van der Waals surface area contributed by atoms with E-state index in [4.69, 9.17) is 9.84 Å². The van der Waals surface area contributed by atoms with Crippen LogP contribution in [-0.2, 0) is 4.74 Å². The van der Waals surface area contributed by atoms with Crippen molar-refractivity contribution in [2.24, 2.45) is 0 Å². The number of aromatic nitrogens is 2. The van der Waals surface area contributed by atoms with Crippen molar-refractivity contribution < 1.29 is 29.2 Å². The van der Waals surface area contributed by atoms with Crippen molar-refractivity contribution in [1.82, 2.24) is 9.55 Å². The minimum Gasteiger partial charge on any atom is -0.479 e. The molecule has 106 valence electrons. The van der Waals surface area contributed by atoms with Crippen LogP contribution < -0.4 is 10.4 Å². The predicted molar refractivity (Wildman–Crippen MR) is 58.0 cm³/mol. The molecule has 1 aliphatic heterocycles. The van der Waals surface area contributed by atoms with Crippen molar-refractivity contribution in [2.75, 3.05) is 13.7 Å². The molecular weight excluding hydrogens is 263 g/mol. The molecule has 1 aliphatic rings. The zero-order chi connectivity index (χ0) is 14.2. The third-order valence-electron chi connectivity index (χ3n) is 2.86. The van der Waals surface area contributed by atoms with E-state index in [1.165, 1.54) is 0 Å². The first kappa shape index (κ1) is 13.9. The molecule has 4 atom stereocenters. The van der Waals surface area contributed by atoms with Gasteiger partial charge in [-0.05, 0) is 0 Å². The SMILES string of the molecule is COc1nc(=O)n([C@@H]2O[C@@H](CO)[C@@H](O)[C@@H]2O)cc1F. The molecule has 9 heteroatoms. The van der Waals surface area contributed by atoms with Crippen molar-refractivity contribution in [3.63, 3.8) is 0 Å². The summed E-state index contributed by atoms with van der Waals surface area (Å²) in [6.07, 6.45) is -4.49. The second kappa shape index (κ2) is 5.21. The first-order valence-corrected chi connectivity index (χ1v) is 5.44. The first-order valence-electron chi connectivity index (χ1n) is 5.44. The van der Waals surface area contributed by atoms with E-state index in [2.05, 4.69) is 9.72 Å². The summed E-state index contributed by atoms with van der Waals surface area (Å²) < 4.78 is 23.8.